The number of pyridine rings is 1. The topological polar surface area (TPSA) is 62.2 Å². The van der Waals surface area contributed by atoms with E-state index in [9.17, 15) is 9.90 Å². The van der Waals surface area contributed by atoms with Crippen LogP contribution in [0.25, 0.3) is 0 Å². The molecule has 0 spiro atoms. The van der Waals surface area contributed by atoms with Crippen LogP contribution in [-0.4, -0.2) is 16.0 Å². The number of nitrogens with zero attached hydrogens (tertiary/aromatic N) is 1. The largest absolute Gasteiger partial charge is 0.507 e. The molecule has 1 amide bonds. The van der Waals surface area contributed by atoms with Crippen molar-refractivity contribution < 1.29 is 9.90 Å². The Labute approximate surface area is 98.9 Å². The summed E-state index contributed by atoms with van der Waals surface area (Å²) in [5.74, 6) is -0.371. The number of phenolic OH excluding ortho intramolecular Hbond substituents is 1. The molecule has 86 valence electrons. The quantitative estimate of drug-likeness (QED) is 0.829. The van der Waals surface area contributed by atoms with Crippen molar-refractivity contribution in [3.63, 3.8) is 0 Å². The molecule has 0 saturated carbocycles. The molecule has 0 unspecified atom stereocenters. The number of aromatic nitrogens is 1. The zero-order chi connectivity index (χ0) is 12.3. The van der Waals surface area contributed by atoms with Crippen molar-refractivity contribution in [2.24, 2.45) is 0 Å². The predicted molar refractivity (Wildman–Crippen MR) is 65.0 cm³/mol. The highest BCUT2D eigenvalue weighted by molar-refractivity contribution is 6.06. The zero-order valence-electron chi connectivity index (χ0n) is 9.34. The number of aryl methyl sites for hydroxylation is 1. The Bertz CT molecular complexity index is 553. The van der Waals surface area contributed by atoms with E-state index in [1.807, 2.05) is 6.92 Å². The summed E-state index contributed by atoms with van der Waals surface area (Å²) in [6, 6.07) is 9.88. The van der Waals surface area contributed by atoms with Crippen LogP contribution in [0.2, 0.25) is 0 Å². The van der Waals surface area contributed by atoms with E-state index < -0.39 is 0 Å². The minimum atomic E-state index is -0.339. The first-order chi connectivity index (χ1) is 8.16. The van der Waals surface area contributed by atoms with Gasteiger partial charge < -0.3 is 10.4 Å². The van der Waals surface area contributed by atoms with E-state index in [1.165, 1.54) is 6.07 Å². The summed E-state index contributed by atoms with van der Waals surface area (Å²) in [6.07, 6.45) is 1.62. The van der Waals surface area contributed by atoms with Crippen LogP contribution in [0.1, 0.15) is 16.1 Å². The lowest BCUT2D eigenvalue weighted by molar-refractivity contribution is 0.102. The van der Waals surface area contributed by atoms with E-state index in [-0.39, 0.29) is 17.2 Å². The van der Waals surface area contributed by atoms with Crippen molar-refractivity contribution in [2.75, 3.05) is 5.32 Å². The number of hydrogen-bond acceptors (Lipinski definition) is 3. The average molecular weight is 228 g/mol. The predicted octanol–water partition coefficient (Wildman–Crippen LogP) is 2.35. The van der Waals surface area contributed by atoms with Gasteiger partial charge in [-0.3, -0.25) is 9.78 Å². The molecule has 0 aliphatic heterocycles. The average Bonchev–Trinajstić information content (AvgIpc) is 2.29. The van der Waals surface area contributed by atoms with Gasteiger partial charge in [0.2, 0.25) is 0 Å². The third kappa shape index (κ3) is 2.60. The van der Waals surface area contributed by atoms with Crippen LogP contribution in [0, 0.1) is 6.92 Å². The van der Waals surface area contributed by atoms with E-state index in [0.717, 1.165) is 5.69 Å². The van der Waals surface area contributed by atoms with Gasteiger partial charge in [-0.25, -0.2) is 0 Å². The van der Waals surface area contributed by atoms with Crippen molar-refractivity contribution in [3.05, 3.63) is 53.9 Å². The fourth-order valence-electron chi connectivity index (χ4n) is 1.49. The Morgan fingerprint density at radius 1 is 1.29 bits per heavy atom. The van der Waals surface area contributed by atoms with Gasteiger partial charge in [-0.15, -0.1) is 0 Å². The van der Waals surface area contributed by atoms with Crippen molar-refractivity contribution >= 4 is 11.6 Å². The summed E-state index contributed by atoms with van der Waals surface area (Å²) in [4.78, 5) is 15.9. The first-order valence-corrected chi connectivity index (χ1v) is 5.19. The lowest BCUT2D eigenvalue weighted by Crippen LogP contribution is -2.12. The molecule has 1 heterocycles. The van der Waals surface area contributed by atoms with Gasteiger partial charge in [0.05, 0.1) is 5.56 Å². The molecule has 2 N–H and O–H groups in total. The molecule has 1 aromatic carbocycles. The fraction of sp³-hybridized carbons (Fsp3) is 0.0769. The molecule has 0 bridgehead atoms. The number of amides is 1. The summed E-state index contributed by atoms with van der Waals surface area (Å²) in [6.45, 7) is 1.84. The SMILES string of the molecule is Cc1cc(NC(=O)c2ccccc2O)ccn1. The number of nitrogens with one attached hydrogen (secondary N) is 1. The molecular formula is C13H12N2O2. The van der Waals surface area contributed by atoms with E-state index in [4.69, 9.17) is 0 Å². The smallest absolute Gasteiger partial charge is 0.259 e. The zero-order valence-corrected chi connectivity index (χ0v) is 9.34. The molecule has 0 aliphatic rings. The van der Waals surface area contributed by atoms with E-state index in [0.29, 0.717) is 5.69 Å². The lowest BCUT2D eigenvalue weighted by atomic mass is 10.2. The van der Waals surface area contributed by atoms with Gasteiger partial charge in [0.25, 0.3) is 5.91 Å². The van der Waals surface area contributed by atoms with Crippen molar-refractivity contribution in [2.45, 2.75) is 6.92 Å². The first-order valence-electron chi connectivity index (χ1n) is 5.19. The summed E-state index contributed by atoms with van der Waals surface area (Å²) >= 11 is 0. The third-order valence-corrected chi connectivity index (χ3v) is 2.30. The molecule has 1 aromatic heterocycles. The number of anilines is 1. The molecule has 0 saturated heterocycles. The second-order valence-corrected chi connectivity index (χ2v) is 3.66. The lowest BCUT2D eigenvalue weighted by Gasteiger charge is -2.06. The first kappa shape index (κ1) is 11.1. The number of hydrogen-bond donors (Lipinski definition) is 2. The van der Waals surface area contributed by atoms with Crippen LogP contribution in [-0.2, 0) is 0 Å². The van der Waals surface area contributed by atoms with Gasteiger partial charge in [-0.05, 0) is 31.2 Å². The molecule has 0 fully saturated rings. The number of benzene rings is 1. The Morgan fingerprint density at radius 3 is 2.76 bits per heavy atom. The van der Waals surface area contributed by atoms with E-state index in [2.05, 4.69) is 10.3 Å². The van der Waals surface area contributed by atoms with Crippen LogP contribution < -0.4 is 5.32 Å². The second-order valence-electron chi connectivity index (χ2n) is 3.66. The van der Waals surface area contributed by atoms with E-state index >= 15 is 0 Å². The maximum absolute atomic E-state index is 11.9. The monoisotopic (exact) mass is 228 g/mol. The number of carbonyl (C=O) groups is 1. The van der Waals surface area contributed by atoms with Crippen LogP contribution in [0.5, 0.6) is 5.75 Å². The van der Waals surface area contributed by atoms with Gasteiger partial charge in [0.1, 0.15) is 5.75 Å². The molecule has 2 aromatic rings. The maximum atomic E-state index is 11.9. The van der Waals surface area contributed by atoms with Crippen molar-refractivity contribution in [3.8, 4) is 5.75 Å². The molecule has 4 heteroatoms. The second kappa shape index (κ2) is 4.65. The van der Waals surface area contributed by atoms with Crippen LogP contribution in [0.4, 0.5) is 5.69 Å². The number of rotatable bonds is 2. The molecule has 0 atom stereocenters. The summed E-state index contributed by atoms with van der Waals surface area (Å²) in [7, 11) is 0. The molecule has 17 heavy (non-hydrogen) atoms. The van der Waals surface area contributed by atoms with Crippen LogP contribution in [0.15, 0.2) is 42.6 Å². The Balaban J connectivity index is 2.20. The maximum Gasteiger partial charge on any atom is 0.259 e. The van der Waals surface area contributed by atoms with Crippen molar-refractivity contribution in [1.82, 2.24) is 4.98 Å². The highest BCUT2D eigenvalue weighted by Crippen LogP contribution is 2.17. The van der Waals surface area contributed by atoms with Gasteiger partial charge >= 0.3 is 0 Å². The standard InChI is InChI=1S/C13H12N2O2/c1-9-8-10(6-7-14-9)15-13(17)11-4-2-3-5-12(11)16/h2-8,16H,1H3,(H,14,15,17). The van der Waals surface area contributed by atoms with Gasteiger partial charge in [-0.1, -0.05) is 12.1 Å². The van der Waals surface area contributed by atoms with Gasteiger partial charge in [0.15, 0.2) is 0 Å². The highest BCUT2D eigenvalue weighted by atomic mass is 16.3. The van der Waals surface area contributed by atoms with Crippen LogP contribution >= 0.6 is 0 Å². The Hall–Kier alpha value is -2.36. The molecule has 0 radical (unpaired) electrons. The van der Waals surface area contributed by atoms with Gasteiger partial charge in [0, 0.05) is 17.6 Å². The van der Waals surface area contributed by atoms with Gasteiger partial charge in [-0.2, -0.15) is 0 Å². The van der Waals surface area contributed by atoms with Crippen molar-refractivity contribution in [1.29, 1.82) is 0 Å². The van der Waals surface area contributed by atoms with E-state index in [1.54, 1.807) is 36.5 Å². The minimum Gasteiger partial charge on any atom is -0.507 e. The number of carbonyl (C=O) groups excluding carboxylic acids is 1. The van der Waals surface area contributed by atoms with Crippen LogP contribution in [0.3, 0.4) is 0 Å². The Morgan fingerprint density at radius 2 is 2.06 bits per heavy atom. The minimum absolute atomic E-state index is 0.0317. The summed E-state index contributed by atoms with van der Waals surface area (Å²) in [5.41, 5.74) is 1.73. The fourth-order valence-corrected chi connectivity index (χ4v) is 1.49. The Kier molecular flexibility index (Phi) is 3.05. The molecule has 4 nitrogen and oxygen atoms in total. The number of phenols is 1. The molecule has 2 rings (SSSR count). The number of aromatic hydroxyl groups is 1. The summed E-state index contributed by atoms with van der Waals surface area (Å²) in [5, 5.41) is 12.2. The summed E-state index contributed by atoms with van der Waals surface area (Å²) < 4.78 is 0. The third-order valence-electron chi connectivity index (χ3n) is 2.30. The number of para-hydroxylation sites is 1. The normalized spacial score (nSPS) is 9.94. The molecular weight excluding hydrogens is 216 g/mol. The molecule has 0 aliphatic carbocycles. The highest BCUT2D eigenvalue weighted by Gasteiger charge is 2.10.